The van der Waals surface area contributed by atoms with Gasteiger partial charge in [0.1, 0.15) is 0 Å². The molecule has 0 fully saturated rings. The first-order valence-electron chi connectivity index (χ1n) is 6.72. The van der Waals surface area contributed by atoms with Crippen LogP contribution in [0.5, 0.6) is 0 Å². The van der Waals surface area contributed by atoms with Crippen LogP contribution in [0, 0.1) is 11.8 Å². The third-order valence-electron chi connectivity index (χ3n) is 2.49. The molecule has 0 aliphatic carbocycles. The van der Waals surface area contributed by atoms with Crippen LogP contribution in [0.4, 0.5) is 0 Å². The van der Waals surface area contributed by atoms with E-state index in [0.29, 0.717) is 5.92 Å². The molecule has 1 heterocycles. The Kier molecular flexibility index (Phi) is 7.28. The number of aromatic nitrogens is 2. The SMILES string of the molecule is CC(C)CCSc1ncc(CNCC(C)C)cn1. The van der Waals surface area contributed by atoms with Crippen LogP contribution in [0.25, 0.3) is 0 Å². The minimum Gasteiger partial charge on any atom is -0.312 e. The largest absolute Gasteiger partial charge is 0.312 e. The van der Waals surface area contributed by atoms with Gasteiger partial charge in [0.15, 0.2) is 5.16 Å². The molecule has 18 heavy (non-hydrogen) atoms. The molecule has 4 heteroatoms. The Balaban J connectivity index is 2.28. The molecule has 0 radical (unpaired) electrons. The summed E-state index contributed by atoms with van der Waals surface area (Å²) in [7, 11) is 0. The Hall–Kier alpha value is -0.610. The van der Waals surface area contributed by atoms with Crippen molar-refractivity contribution in [3.63, 3.8) is 0 Å². The molecular formula is C14H25N3S. The number of nitrogens with one attached hydrogen (secondary N) is 1. The zero-order chi connectivity index (χ0) is 13.4. The summed E-state index contributed by atoms with van der Waals surface area (Å²) < 4.78 is 0. The van der Waals surface area contributed by atoms with Crippen LogP contribution in [-0.4, -0.2) is 22.3 Å². The lowest BCUT2D eigenvalue weighted by Crippen LogP contribution is -2.19. The van der Waals surface area contributed by atoms with Gasteiger partial charge in [-0.25, -0.2) is 9.97 Å². The first kappa shape index (κ1) is 15.4. The van der Waals surface area contributed by atoms with Crippen molar-refractivity contribution in [2.24, 2.45) is 11.8 Å². The number of thioether (sulfide) groups is 1. The van der Waals surface area contributed by atoms with E-state index in [9.17, 15) is 0 Å². The Morgan fingerprint density at radius 2 is 1.78 bits per heavy atom. The molecule has 1 rings (SSSR count). The van der Waals surface area contributed by atoms with Gasteiger partial charge in [-0.05, 0) is 24.8 Å². The minimum atomic E-state index is 0.678. The highest BCUT2D eigenvalue weighted by molar-refractivity contribution is 7.99. The van der Waals surface area contributed by atoms with Gasteiger partial charge in [-0.2, -0.15) is 0 Å². The van der Waals surface area contributed by atoms with Gasteiger partial charge in [0.25, 0.3) is 0 Å². The van der Waals surface area contributed by atoms with E-state index < -0.39 is 0 Å². The summed E-state index contributed by atoms with van der Waals surface area (Å²) >= 11 is 1.74. The molecule has 0 amide bonds. The number of rotatable bonds is 8. The normalized spacial score (nSPS) is 11.4. The molecule has 102 valence electrons. The third-order valence-corrected chi connectivity index (χ3v) is 3.40. The third kappa shape index (κ3) is 6.97. The molecule has 0 aliphatic heterocycles. The smallest absolute Gasteiger partial charge is 0.187 e. The van der Waals surface area contributed by atoms with E-state index in [0.717, 1.165) is 35.5 Å². The standard InChI is InChI=1S/C14H25N3S/c1-11(2)5-6-18-14-16-9-13(10-17-14)8-15-7-12(3)4/h9-12,15H,5-8H2,1-4H3. The highest BCUT2D eigenvalue weighted by atomic mass is 32.2. The van der Waals surface area contributed by atoms with Gasteiger partial charge in [-0.15, -0.1) is 0 Å². The van der Waals surface area contributed by atoms with Crippen molar-refractivity contribution in [1.29, 1.82) is 0 Å². The van der Waals surface area contributed by atoms with Gasteiger partial charge >= 0.3 is 0 Å². The molecule has 1 aromatic heterocycles. The maximum absolute atomic E-state index is 4.39. The Morgan fingerprint density at radius 1 is 1.11 bits per heavy atom. The van der Waals surface area contributed by atoms with Crippen molar-refractivity contribution < 1.29 is 0 Å². The van der Waals surface area contributed by atoms with Gasteiger partial charge in [0.2, 0.25) is 0 Å². The maximum atomic E-state index is 4.39. The lowest BCUT2D eigenvalue weighted by molar-refractivity contribution is 0.550. The number of nitrogens with zero attached hydrogens (tertiary/aromatic N) is 2. The second-order valence-corrected chi connectivity index (χ2v) is 6.49. The van der Waals surface area contributed by atoms with Gasteiger partial charge in [-0.3, -0.25) is 0 Å². The van der Waals surface area contributed by atoms with E-state index in [2.05, 4.69) is 43.0 Å². The van der Waals surface area contributed by atoms with Gasteiger partial charge in [0.05, 0.1) is 0 Å². The zero-order valence-corrected chi connectivity index (χ0v) is 12.8. The minimum absolute atomic E-state index is 0.678. The van der Waals surface area contributed by atoms with Crippen molar-refractivity contribution in [2.75, 3.05) is 12.3 Å². The van der Waals surface area contributed by atoms with E-state index in [4.69, 9.17) is 0 Å². The molecule has 0 atom stereocenters. The van der Waals surface area contributed by atoms with Crippen LogP contribution in [0.1, 0.15) is 39.7 Å². The van der Waals surface area contributed by atoms with E-state index >= 15 is 0 Å². The highest BCUT2D eigenvalue weighted by Crippen LogP contribution is 2.15. The van der Waals surface area contributed by atoms with Crippen LogP contribution < -0.4 is 5.32 Å². The van der Waals surface area contributed by atoms with Crippen molar-refractivity contribution >= 4 is 11.8 Å². The lowest BCUT2D eigenvalue weighted by atomic mass is 10.2. The van der Waals surface area contributed by atoms with E-state index in [1.807, 2.05) is 12.4 Å². The topological polar surface area (TPSA) is 37.8 Å². The van der Waals surface area contributed by atoms with Crippen LogP contribution in [0.2, 0.25) is 0 Å². The quantitative estimate of drug-likeness (QED) is 0.579. The fourth-order valence-corrected chi connectivity index (χ4v) is 2.43. The highest BCUT2D eigenvalue weighted by Gasteiger charge is 2.01. The molecule has 0 spiro atoms. The second-order valence-electron chi connectivity index (χ2n) is 5.43. The van der Waals surface area contributed by atoms with Crippen molar-refractivity contribution in [3.8, 4) is 0 Å². The Morgan fingerprint density at radius 3 is 2.33 bits per heavy atom. The summed E-state index contributed by atoms with van der Waals surface area (Å²) in [6, 6.07) is 0. The van der Waals surface area contributed by atoms with Gasteiger partial charge in [-0.1, -0.05) is 39.5 Å². The molecule has 1 N–H and O–H groups in total. The lowest BCUT2D eigenvalue weighted by Gasteiger charge is -2.07. The molecule has 0 saturated heterocycles. The summed E-state index contributed by atoms with van der Waals surface area (Å²) in [5.41, 5.74) is 1.16. The average molecular weight is 267 g/mol. The Bertz CT molecular complexity index is 289. The van der Waals surface area contributed by atoms with Crippen LogP contribution >= 0.6 is 11.8 Å². The Labute approximate surface area is 115 Å². The maximum Gasteiger partial charge on any atom is 0.187 e. The summed E-state index contributed by atoms with van der Waals surface area (Å²) in [4.78, 5) is 8.77. The first-order chi connectivity index (χ1) is 8.58. The molecule has 0 aliphatic rings. The van der Waals surface area contributed by atoms with E-state index in [-0.39, 0.29) is 0 Å². The molecule has 1 aromatic rings. The first-order valence-corrected chi connectivity index (χ1v) is 7.71. The van der Waals surface area contributed by atoms with Crippen LogP contribution in [-0.2, 0) is 6.54 Å². The fraction of sp³-hybridized carbons (Fsp3) is 0.714. The molecule has 0 aromatic carbocycles. The average Bonchev–Trinajstić information content (AvgIpc) is 2.30. The van der Waals surface area contributed by atoms with Crippen LogP contribution in [0.3, 0.4) is 0 Å². The van der Waals surface area contributed by atoms with Crippen molar-refractivity contribution in [3.05, 3.63) is 18.0 Å². The molecular weight excluding hydrogens is 242 g/mol. The summed E-state index contributed by atoms with van der Waals surface area (Å²) in [5, 5.41) is 4.28. The van der Waals surface area contributed by atoms with Gasteiger partial charge < -0.3 is 5.32 Å². The fourth-order valence-electron chi connectivity index (χ4n) is 1.40. The molecule has 0 saturated carbocycles. The van der Waals surface area contributed by atoms with Crippen molar-refractivity contribution in [1.82, 2.24) is 15.3 Å². The molecule has 3 nitrogen and oxygen atoms in total. The van der Waals surface area contributed by atoms with Gasteiger partial charge in [0, 0.05) is 30.3 Å². The summed E-state index contributed by atoms with van der Waals surface area (Å²) in [5.74, 6) is 2.52. The van der Waals surface area contributed by atoms with Crippen LogP contribution in [0.15, 0.2) is 17.6 Å². The van der Waals surface area contributed by atoms with E-state index in [1.54, 1.807) is 11.8 Å². The predicted octanol–water partition coefficient (Wildman–Crippen LogP) is 3.36. The second kappa shape index (κ2) is 8.48. The molecule has 0 bridgehead atoms. The zero-order valence-electron chi connectivity index (χ0n) is 11.9. The summed E-state index contributed by atoms with van der Waals surface area (Å²) in [6.07, 6.45) is 5.07. The predicted molar refractivity (Wildman–Crippen MR) is 78.8 cm³/mol. The number of hydrogen-bond acceptors (Lipinski definition) is 4. The summed E-state index contributed by atoms with van der Waals surface area (Å²) in [6.45, 7) is 10.8. The van der Waals surface area contributed by atoms with E-state index in [1.165, 1.54) is 6.42 Å². The number of hydrogen-bond donors (Lipinski definition) is 1. The molecule has 0 unspecified atom stereocenters. The van der Waals surface area contributed by atoms with Crippen molar-refractivity contribution in [2.45, 2.75) is 45.8 Å². The monoisotopic (exact) mass is 267 g/mol.